The zero-order valence-electron chi connectivity index (χ0n) is 7.68. The smallest absolute Gasteiger partial charge is 0.184 e. The van der Waals surface area contributed by atoms with Gasteiger partial charge in [0.05, 0.1) is 17.6 Å². The van der Waals surface area contributed by atoms with Crippen molar-refractivity contribution in [2.45, 2.75) is 0 Å². The molecule has 15 heavy (non-hydrogen) atoms. The lowest BCUT2D eigenvalue weighted by molar-refractivity contribution is 1.04. The number of rotatable bonds is 3. The first-order chi connectivity index (χ1) is 7.09. The predicted octanol–water partition coefficient (Wildman–Crippen LogP) is -0.117. The Morgan fingerprint density at radius 2 is 2.13 bits per heavy atom. The molecule has 0 saturated heterocycles. The van der Waals surface area contributed by atoms with Crippen molar-refractivity contribution in [2.24, 2.45) is 16.6 Å². The van der Waals surface area contributed by atoms with Gasteiger partial charge in [-0.15, -0.1) is 0 Å². The average Bonchev–Trinajstić information content (AvgIpc) is 2.17. The third-order valence-electron chi connectivity index (χ3n) is 1.39. The Bertz CT molecular complexity index is 415. The Morgan fingerprint density at radius 3 is 2.73 bits per heavy atom. The molecular formula is C8H9N5S2. The van der Waals surface area contributed by atoms with Crippen LogP contribution in [0.3, 0.4) is 0 Å². The van der Waals surface area contributed by atoms with Crippen LogP contribution in [0.25, 0.3) is 0 Å². The van der Waals surface area contributed by atoms with Gasteiger partial charge in [0.1, 0.15) is 4.99 Å². The van der Waals surface area contributed by atoms with Gasteiger partial charge in [-0.1, -0.05) is 18.3 Å². The van der Waals surface area contributed by atoms with Gasteiger partial charge in [-0.25, -0.2) is 4.98 Å². The van der Waals surface area contributed by atoms with E-state index >= 15 is 0 Å². The van der Waals surface area contributed by atoms with E-state index in [0.29, 0.717) is 11.4 Å². The molecule has 78 valence electrons. The molecule has 1 aromatic heterocycles. The molecule has 0 spiro atoms. The third kappa shape index (κ3) is 3.96. The van der Waals surface area contributed by atoms with E-state index in [9.17, 15) is 0 Å². The lowest BCUT2D eigenvalue weighted by atomic mass is 10.3. The van der Waals surface area contributed by atoms with Crippen LogP contribution in [0.1, 0.15) is 11.4 Å². The van der Waals surface area contributed by atoms with Crippen molar-refractivity contribution in [1.29, 1.82) is 0 Å². The summed E-state index contributed by atoms with van der Waals surface area (Å²) in [4.78, 5) is 4.37. The lowest BCUT2D eigenvalue weighted by Gasteiger charge is -1.98. The van der Waals surface area contributed by atoms with Gasteiger partial charge in [0.25, 0.3) is 0 Å². The Balaban J connectivity index is 2.78. The van der Waals surface area contributed by atoms with Gasteiger partial charge >= 0.3 is 0 Å². The number of aromatic nitrogens is 1. The number of pyridine rings is 1. The molecule has 0 aromatic carbocycles. The largest absolute Gasteiger partial charge is 0.388 e. The number of nitrogens with zero attached hydrogens (tertiary/aromatic N) is 2. The summed E-state index contributed by atoms with van der Waals surface area (Å²) >= 11 is 9.36. The predicted molar refractivity (Wildman–Crippen MR) is 67.6 cm³/mol. The van der Waals surface area contributed by atoms with E-state index in [-0.39, 0.29) is 10.1 Å². The highest BCUT2D eigenvalue weighted by Crippen LogP contribution is 1.96. The van der Waals surface area contributed by atoms with Crippen LogP contribution in [0, 0.1) is 0 Å². The van der Waals surface area contributed by atoms with E-state index in [1.54, 1.807) is 18.2 Å². The van der Waals surface area contributed by atoms with Crippen molar-refractivity contribution in [3.05, 3.63) is 29.6 Å². The molecule has 0 radical (unpaired) electrons. The minimum absolute atomic E-state index is 0.0942. The summed E-state index contributed by atoms with van der Waals surface area (Å²) < 4.78 is 0. The Hall–Kier alpha value is -1.60. The zero-order valence-corrected chi connectivity index (χ0v) is 9.31. The first kappa shape index (κ1) is 11.5. The van der Waals surface area contributed by atoms with E-state index < -0.39 is 0 Å². The summed E-state index contributed by atoms with van der Waals surface area (Å²) in [5.41, 5.74) is 14.2. The van der Waals surface area contributed by atoms with Crippen LogP contribution in [0.15, 0.2) is 23.3 Å². The molecule has 1 aromatic rings. The summed E-state index contributed by atoms with van der Waals surface area (Å²) in [6.45, 7) is 0. The monoisotopic (exact) mass is 239 g/mol. The molecule has 0 fully saturated rings. The fourth-order valence-corrected chi connectivity index (χ4v) is 0.989. The van der Waals surface area contributed by atoms with Gasteiger partial charge in [-0.05, 0) is 24.4 Å². The molecule has 0 saturated carbocycles. The molecule has 0 unspecified atom stereocenters. The summed E-state index contributed by atoms with van der Waals surface area (Å²) in [6, 6.07) is 5.26. The molecule has 0 atom stereocenters. The number of hydrogen-bond donors (Lipinski definition) is 3. The first-order valence-electron chi connectivity index (χ1n) is 3.95. The van der Waals surface area contributed by atoms with Crippen LogP contribution < -0.4 is 16.9 Å². The second-order valence-corrected chi connectivity index (χ2v) is 3.43. The van der Waals surface area contributed by atoms with E-state index in [1.807, 2.05) is 0 Å². The van der Waals surface area contributed by atoms with E-state index in [4.69, 9.17) is 23.7 Å². The van der Waals surface area contributed by atoms with Crippen molar-refractivity contribution < 1.29 is 0 Å². The second kappa shape index (κ2) is 5.32. The first-order valence-corrected chi connectivity index (χ1v) is 4.76. The highest BCUT2D eigenvalue weighted by Gasteiger charge is 1.97. The fraction of sp³-hybridized carbons (Fsp3) is 0. The SMILES string of the molecule is NC(=S)NN=Cc1cccc(C(N)=S)n1. The highest BCUT2D eigenvalue weighted by molar-refractivity contribution is 7.80. The number of hydrazone groups is 1. The van der Waals surface area contributed by atoms with Gasteiger partial charge in [0.2, 0.25) is 0 Å². The van der Waals surface area contributed by atoms with E-state index in [2.05, 4.69) is 27.7 Å². The molecular weight excluding hydrogens is 230 g/mol. The number of thiocarbonyl (C=S) groups is 2. The Kier molecular flexibility index (Phi) is 4.07. The normalized spacial score (nSPS) is 10.1. The van der Waals surface area contributed by atoms with Crippen molar-refractivity contribution in [3.8, 4) is 0 Å². The third-order valence-corrected chi connectivity index (χ3v) is 1.70. The zero-order chi connectivity index (χ0) is 11.3. The maximum absolute atomic E-state index is 5.43. The van der Waals surface area contributed by atoms with Crippen LogP contribution in [0.2, 0.25) is 0 Å². The molecule has 5 nitrogen and oxygen atoms in total. The van der Waals surface area contributed by atoms with Crippen molar-refractivity contribution in [2.75, 3.05) is 0 Å². The van der Waals surface area contributed by atoms with Gasteiger partial charge in [-0.3, -0.25) is 5.43 Å². The maximum atomic E-state index is 5.43. The minimum Gasteiger partial charge on any atom is -0.388 e. The number of nitrogens with one attached hydrogen (secondary N) is 1. The van der Waals surface area contributed by atoms with E-state index in [0.717, 1.165) is 0 Å². The Morgan fingerprint density at radius 1 is 1.40 bits per heavy atom. The summed E-state index contributed by atoms with van der Waals surface area (Å²) in [5.74, 6) is 0. The summed E-state index contributed by atoms with van der Waals surface area (Å²) in [5, 5.41) is 3.85. The molecule has 0 aliphatic heterocycles. The quantitative estimate of drug-likeness (QED) is 0.387. The molecule has 1 heterocycles. The molecule has 1 rings (SSSR count). The minimum atomic E-state index is 0.0942. The van der Waals surface area contributed by atoms with Crippen LogP contribution in [0.5, 0.6) is 0 Å². The van der Waals surface area contributed by atoms with Crippen LogP contribution in [-0.2, 0) is 0 Å². The van der Waals surface area contributed by atoms with Crippen molar-refractivity contribution in [3.63, 3.8) is 0 Å². The van der Waals surface area contributed by atoms with E-state index in [1.165, 1.54) is 6.21 Å². The summed E-state index contributed by atoms with van der Waals surface area (Å²) in [7, 11) is 0. The van der Waals surface area contributed by atoms with Crippen molar-refractivity contribution in [1.82, 2.24) is 10.4 Å². The van der Waals surface area contributed by atoms with Crippen LogP contribution in [-0.4, -0.2) is 21.3 Å². The molecule has 0 aliphatic rings. The van der Waals surface area contributed by atoms with Crippen LogP contribution >= 0.6 is 24.4 Å². The van der Waals surface area contributed by atoms with Gasteiger partial charge in [0.15, 0.2) is 5.11 Å². The molecule has 0 aliphatic carbocycles. The molecule has 0 bridgehead atoms. The highest BCUT2D eigenvalue weighted by atomic mass is 32.1. The average molecular weight is 239 g/mol. The van der Waals surface area contributed by atoms with Gasteiger partial charge in [0, 0.05) is 0 Å². The number of nitrogens with two attached hydrogens (primary N) is 2. The lowest BCUT2D eigenvalue weighted by Crippen LogP contribution is -2.24. The van der Waals surface area contributed by atoms with Crippen molar-refractivity contribution >= 4 is 40.8 Å². The molecule has 5 N–H and O–H groups in total. The van der Waals surface area contributed by atoms with Gasteiger partial charge < -0.3 is 11.5 Å². The fourth-order valence-electron chi connectivity index (χ4n) is 0.823. The molecule has 7 heteroatoms. The topological polar surface area (TPSA) is 89.3 Å². The van der Waals surface area contributed by atoms with Crippen LogP contribution in [0.4, 0.5) is 0 Å². The standard InChI is InChI=1S/C8H9N5S2/c9-7(14)6-3-1-2-5(12-6)4-11-13-8(10)15/h1-4H,(H2,9,14)(H3,10,13,15). The molecule has 0 amide bonds. The maximum Gasteiger partial charge on any atom is 0.184 e. The Labute approximate surface area is 97.6 Å². The number of hydrogen-bond acceptors (Lipinski definition) is 4. The second-order valence-electron chi connectivity index (χ2n) is 2.55. The summed E-state index contributed by atoms with van der Waals surface area (Å²) in [6.07, 6.45) is 1.47. The van der Waals surface area contributed by atoms with Gasteiger partial charge in [-0.2, -0.15) is 5.10 Å².